The van der Waals surface area contributed by atoms with Crippen molar-refractivity contribution >= 4 is 27.3 Å². The Kier molecular flexibility index (Phi) is 4.62. The summed E-state index contributed by atoms with van der Waals surface area (Å²) in [5.41, 5.74) is 0.327. The van der Waals surface area contributed by atoms with E-state index in [0.717, 1.165) is 0 Å². The summed E-state index contributed by atoms with van der Waals surface area (Å²) in [7, 11) is -3.75. The molecule has 1 aliphatic rings. The van der Waals surface area contributed by atoms with Crippen LogP contribution in [0.2, 0.25) is 0 Å². The third kappa shape index (κ3) is 3.37. The number of rotatable bonds is 4. The number of hydrogen-bond donors (Lipinski definition) is 1. The van der Waals surface area contributed by atoms with Gasteiger partial charge in [0.25, 0.3) is 10.0 Å². The SMILES string of the molecule is CCN1C(=O)C(C)(C)COc2cc(NS(=O)(=O)c3cccnc3)ccc21. The zero-order chi connectivity index (χ0) is 18.9. The Balaban J connectivity index is 1.95. The molecule has 2 heterocycles. The Labute approximate surface area is 153 Å². The number of hydrogen-bond acceptors (Lipinski definition) is 5. The second kappa shape index (κ2) is 6.60. The van der Waals surface area contributed by atoms with Crippen LogP contribution >= 0.6 is 0 Å². The van der Waals surface area contributed by atoms with Crippen molar-refractivity contribution < 1.29 is 17.9 Å². The summed E-state index contributed by atoms with van der Waals surface area (Å²) in [4.78, 5) is 18.2. The highest BCUT2D eigenvalue weighted by Crippen LogP contribution is 2.38. The summed E-state index contributed by atoms with van der Waals surface area (Å²) in [5.74, 6) is 0.444. The monoisotopic (exact) mass is 375 g/mol. The van der Waals surface area contributed by atoms with E-state index in [9.17, 15) is 13.2 Å². The molecule has 0 saturated carbocycles. The Morgan fingerprint density at radius 3 is 2.73 bits per heavy atom. The molecule has 2 aromatic rings. The zero-order valence-electron chi connectivity index (χ0n) is 14.9. The molecular weight excluding hydrogens is 354 g/mol. The predicted molar refractivity (Wildman–Crippen MR) is 98.8 cm³/mol. The van der Waals surface area contributed by atoms with Crippen molar-refractivity contribution in [2.45, 2.75) is 25.7 Å². The van der Waals surface area contributed by atoms with Crippen LogP contribution in [0.15, 0.2) is 47.6 Å². The van der Waals surface area contributed by atoms with Crippen LogP contribution < -0.4 is 14.4 Å². The second-order valence-electron chi connectivity index (χ2n) is 6.70. The molecule has 1 N–H and O–H groups in total. The molecule has 1 aromatic carbocycles. The number of anilines is 2. The average Bonchev–Trinajstić information content (AvgIpc) is 2.71. The number of fused-ring (bicyclic) bond motifs is 1. The molecule has 0 fully saturated rings. The van der Waals surface area contributed by atoms with Gasteiger partial charge in [0.1, 0.15) is 17.3 Å². The van der Waals surface area contributed by atoms with E-state index in [-0.39, 0.29) is 17.4 Å². The number of ether oxygens (including phenoxy) is 1. The molecule has 3 rings (SSSR count). The van der Waals surface area contributed by atoms with E-state index in [0.29, 0.717) is 23.7 Å². The smallest absolute Gasteiger partial charge is 0.263 e. The molecule has 1 aliphatic heterocycles. The molecule has 0 aliphatic carbocycles. The fourth-order valence-electron chi connectivity index (χ4n) is 2.74. The van der Waals surface area contributed by atoms with E-state index in [1.165, 1.54) is 18.5 Å². The minimum Gasteiger partial charge on any atom is -0.490 e. The van der Waals surface area contributed by atoms with E-state index in [2.05, 4.69) is 9.71 Å². The van der Waals surface area contributed by atoms with E-state index in [4.69, 9.17) is 4.74 Å². The van der Waals surface area contributed by atoms with Crippen LogP contribution in [-0.4, -0.2) is 32.5 Å². The van der Waals surface area contributed by atoms with Gasteiger partial charge < -0.3 is 9.64 Å². The van der Waals surface area contributed by atoms with Crippen LogP contribution in [0.5, 0.6) is 5.75 Å². The zero-order valence-corrected chi connectivity index (χ0v) is 15.7. The van der Waals surface area contributed by atoms with Gasteiger partial charge in [0.2, 0.25) is 5.91 Å². The molecule has 0 unspecified atom stereocenters. The van der Waals surface area contributed by atoms with Gasteiger partial charge >= 0.3 is 0 Å². The summed E-state index contributed by atoms with van der Waals surface area (Å²) in [6.07, 6.45) is 2.79. The lowest BCUT2D eigenvalue weighted by atomic mass is 9.93. The van der Waals surface area contributed by atoms with E-state index >= 15 is 0 Å². The number of pyridine rings is 1. The highest BCUT2D eigenvalue weighted by Gasteiger charge is 2.37. The van der Waals surface area contributed by atoms with Crippen molar-refractivity contribution in [1.29, 1.82) is 0 Å². The Morgan fingerprint density at radius 1 is 1.31 bits per heavy atom. The maximum atomic E-state index is 12.7. The molecule has 7 nitrogen and oxygen atoms in total. The number of nitrogens with zero attached hydrogens (tertiary/aromatic N) is 2. The topological polar surface area (TPSA) is 88.6 Å². The van der Waals surface area contributed by atoms with Gasteiger partial charge in [-0.05, 0) is 45.0 Å². The van der Waals surface area contributed by atoms with Crippen molar-refractivity contribution in [1.82, 2.24) is 4.98 Å². The number of benzene rings is 1. The highest BCUT2D eigenvalue weighted by molar-refractivity contribution is 7.92. The number of carbonyl (C=O) groups is 1. The van der Waals surface area contributed by atoms with Crippen molar-refractivity contribution in [3.63, 3.8) is 0 Å². The highest BCUT2D eigenvalue weighted by atomic mass is 32.2. The van der Waals surface area contributed by atoms with Crippen LogP contribution in [0, 0.1) is 5.41 Å². The summed E-state index contributed by atoms with van der Waals surface area (Å²) in [5, 5.41) is 0. The molecule has 0 saturated heterocycles. The Morgan fingerprint density at radius 2 is 2.08 bits per heavy atom. The Bertz CT molecular complexity index is 927. The van der Waals surface area contributed by atoms with Gasteiger partial charge in [0.15, 0.2) is 0 Å². The summed E-state index contributed by atoms with van der Waals surface area (Å²) in [6.45, 7) is 6.27. The molecule has 0 atom stereocenters. The number of amides is 1. The first-order valence-electron chi connectivity index (χ1n) is 8.26. The number of nitrogens with one attached hydrogen (secondary N) is 1. The van der Waals surface area contributed by atoms with Gasteiger partial charge in [0, 0.05) is 25.0 Å². The van der Waals surface area contributed by atoms with Gasteiger partial charge in [-0.2, -0.15) is 0 Å². The maximum absolute atomic E-state index is 12.7. The maximum Gasteiger partial charge on any atom is 0.263 e. The molecule has 0 spiro atoms. The molecule has 0 bridgehead atoms. The summed E-state index contributed by atoms with van der Waals surface area (Å²) in [6, 6.07) is 7.93. The normalized spacial score (nSPS) is 16.4. The molecule has 138 valence electrons. The van der Waals surface area contributed by atoms with Gasteiger partial charge in [-0.25, -0.2) is 8.42 Å². The van der Waals surface area contributed by atoms with Gasteiger partial charge in [-0.15, -0.1) is 0 Å². The quantitative estimate of drug-likeness (QED) is 0.887. The third-order valence-electron chi connectivity index (χ3n) is 4.18. The molecule has 1 amide bonds. The fraction of sp³-hybridized carbons (Fsp3) is 0.333. The average molecular weight is 375 g/mol. The lowest BCUT2D eigenvalue weighted by molar-refractivity contribution is -0.127. The number of aromatic nitrogens is 1. The number of carbonyl (C=O) groups excluding carboxylic acids is 1. The first kappa shape index (κ1) is 18.2. The lowest BCUT2D eigenvalue weighted by Crippen LogP contribution is -2.42. The Hall–Kier alpha value is -2.61. The molecule has 26 heavy (non-hydrogen) atoms. The van der Waals surface area contributed by atoms with Crippen molar-refractivity contribution in [3.05, 3.63) is 42.7 Å². The van der Waals surface area contributed by atoms with E-state index in [1.54, 1.807) is 29.2 Å². The van der Waals surface area contributed by atoms with Gasteiger partial charge in [0.05, 0.1) is 16.8 Å². The van der Waals surface area contributed by atoms with Crippen LogP contribution in [-0.2, 0) is 14.8 Å². The lowest BCUT2D eigenvalue weighted by Gasteiger charge is -2.26. The largest absolute Gasteiger partial charge is 0.490 e. The van der Waals surface area contributed by atoms with E-state index < -0.39 is 15.4 Å². The minimum atomic E-state index is -3.75. The fourth-order valence-corrected chi connectivity index (χ4v) is 3.76. The van der Waals surface area contributed by atoms with Crippen LogP contribution in [0.25, 0.3) is 0 Å². The summed E-state index contributed by atoms with van der Waals surface area (Å²) >= 11 is 0. The van der Waals surface area contributed by atoms with Gasteiger partial charge in [-0.3, -0.25) is 14.5 Å². The second-order valence-corrected chi connectivity index (χ2v) is 8.38. The van der Waals surface area contributed by atoms with Crippen molar-refractivity contribution in [2.24, 2.45) is 5.41 Å². The third-order valence-corrected chi connectivity index (χ3v) is 5.54. The van der Waals surface area contributed by atoms with Crippen LogP contribution in [0.3, 0.4) is 0 Å². The first-order valence-corrected chi connectivity index (χ1v) is 9.74. The predicted octanol–water partition coefficient (Wildman–Crippen LogP) is 2.65. The molecule has 1 aromatic heterocycles. The first-order chi connectivity index (χ1) is 12.2. The minimum absolute atomic E-state index is 0.0255. The molecule has 0 radical (unpaired) electrons. The van der Waals surface area contributed by atoms with Gasteiger partial charge in [-0.1, -0.05) is 0 Å². The van der Waals surface area contributed by atoms with Crippen LogP contribution in [0.4, 0.5) is 11.4 Å². The van der Waals surface area contributed by atoms with Crippen LogP contribution in [0.1, 0.15) is 20.8 Å². The van der Waals surface area contributed by atoms with Crippen molar-refractivity contribution in [3.8, 4) is 5.75 Å². The summed E-state index contributed by atoms with van der Waals surface area (Å²) < 4.78 is 33.2. The van der Waals surface area contributed by atoms with E-state index in [1.807, 2.05) is 20.8 Å². The van der Waals surface area contributed by atoms with Crippen molar-refractivity contribution in [2.75, 3.05) is 22.8 Å². The standard InChI is InChI=1S/C18H21N3O4S/c1-4-21-15-8-7-13(10-16(15)25-12-18(2,3)17(21)22)20-26(23,24)14-6-5-9-19-11-14/h5-11,20H,4,12H2,1-3H3. The number of sulfonamides is 1. The molecule has 8 heteroatoms. The molecular formula is C18H21N3O4S.